The molecule has 25 heavy (non-hydrogen) atoms. The largest absolute Gasteiger partial charge is 0.480 e. The number of hydrogen-bond acceptors (Lipinski definition) is 4. The van der Waals surface area contributed by atoms with Crippen molar-refractivity contribution in [3.8, 4) is 0 Å². The minimum Gasteiger partial charge on any atom is -0.480 e. The lowest BCUT2D eigenvalue weighted by atomic mass is 9.89. The molecule has 1 aromatic carbocycles. The van der Waals surface area contributed by atoms with Gasteiger partial charge in [-0.25, -0.2) is 4.79 Å². The molecule has 1 saturated carbocycles. The van der Waals surface area contributed by atoms with Gasteiger partial charge in [0.05, 0.1) is 6.54 Å². The smallest absolute Gasteiger partial charge is 0.410 e. The van der Waals surface area contributed by atoms with Crippen molar-refractivity contribution < 1.29 is 19.4 Å². The first kappa shape index (κ1) is 19.2. The molecule has 1 aliphatic rings. The number of carboxylic acids is 1. The van der Waals surface area contributed by atoms with Crippen LogP contribution in [0.1, 0.15) is 45.1 Å². The number of benzene rings is 1. The number of ether oxygens (including phenoxy) is 1. The van der Waals surface area contributed by atoms with Gasteiger partial charge in [-0.1, -0.05) is 30.3 Å². The Morgan fingerprint density at radius 3 is 2.40 bits per heavy atom. The molecule has 2 rings (SSSR count). The molecule has 0 atom stereocenters. The zero-order valence-corrected chi connectivity index (χ0v) is 15.0. The van der Waals surface area contributed by atoms with Crippen molar-refractivity contribution in [2.24, 2.45) is 0 Å². The van der Waals surface area contributed by atoms with Crippen LogP contribution in [0.15, 0.2) is 30.3 Å². The summed E-state index contributed by atoms with van der Waals surface area (Å²) < 4.78 is 5.50. The Kier molecular flexibility index (Phi) is 7.25. The van der Waals surface area contributed by atoms with Crippen LogP contribution in [0.5, 0.6) is 0 Å². The maximum absolute atomic E-state index is 12.6. The Balaban J connectivity index is 1.85. The Morgan fingerprint density at radius 1 is 1.20 bits per heavy atom. The van der Waals surface area contributed by atoms with Gasteiger partial charge in [0.2, 0.25) is 0 Å². The van der Waals surface area contributed by atoms with Gasteiger partial charge in [0.25, 0.3) is 0 Å². The molecular weight excluding hydrogens is 320 g/mol. The third kappa shape index (κ3) is 6.05. The number of carbonyl (C=O) groups is 2. The number of carboxylic acid groups (broad SMARTS) is 1. The van der Waals surface area contributed by atoms with Gasteiger partial charge in [-0.3, -0.25) is 4.79 Å². The second-order valence-corrected chi connectivity index (χ2v) is 6.82. The van der Waals surface area contributed by atoms with Crippen molar-refractivity contribution in [1.82, 2.24) is 10.2 Å². The molecule has 1 amide bonds. The predicted octanol–water partition coefficient (Wildman–Crippen LogP) is 3.02. The summed E-state index contributed by atoms with van der Waals surface area (Å²) in [6, 6.07) is 10.1. The lowest BCUT2D eigenvalue weighted by Crippen LogP contribution is -2.48. The number of amides is 1. The average Bonchev–Trinajstić information content (AvgIpc) is 2.60. The molecule has 0 radical (unpaired) electrons. The Bertz CT molecular complexity index is 554. The second-order valence-electron chi connectivity index (χ2n) is 6.82. The third-order valence-corrected chi connectivity index (χ3v) is 4.60. The van der Waals surface area contributed by atoms with Crippen LogP contribution < -0.4 is 5.32 Å². The lowest BCUT2D eigenvalue weighted by molar-refractivity contribution is -0.136. The van der Waals surface area contributed by atoms with Crippen LogP contribution in [0, 0.1) is 0 Å². The molecule has 2 N–H and O–H groups in total. The topological polar surface area (TPSA) is 78.9 Å². The molecule has 6 nitrogen and oxygen atoms in total. The summed E-state index contributed by atoms with van der Waals surface area (Å²) in [6.45, 7) is 4.26. The van der Waals surface area contributed by atoms with Gasteiger partial charge in [-0.2, -0.15) is 0 Å². The quantitative estimate of drug-likeness (QED) is 0.792. The summed E-state index contributed by atoms with van der Waals surface area (Å²) in [5, 5.41) is 11.8. The molecular formula is C19H28N2O4. The van der Waals surface area contributed by atoms with Gasteiger partial charge in [-0.05, 0) is 45.1 Å². The Labute approximate surface area is 149 Å². The molecule has 1 aliphatic carbocycles. The molecule has 6 heteroatoms. The van der Waals surface area contributed by atoms with E-state index in [-0.39, 0.29) is 37.4 Å². The van der Waals surface area contributed by atoms with Gasteiger partial charge >= 0.3 is 12.1 Å². The fraction of sp³-hybridized carbons (Fsp3) is 0.579. The van der Waals surface area contributed by atoms with E-state index in [9.17, 15) is 9.59 Å². The minimum atomic E-state index is -0.838. The highest BCUT2D eigenvalue weighted by atomic mass is 16.6. The van der Waals surface area contributed by atoms with Crippen LogP contribution in [0.2, 0.25) is 0 Å². The molecule has 0 aromatic heterocycles. The van der Waals surface area contributed by atoms with Crippen molar-refractivity contribution >= 4 is 12.1 Å². The van der Waals surface area contributed by atoms with Crippen LogP contribution in [0.3, 0.4) is 0 Å². The van der Waals surface area contributed by atoms with E-state index >= 15 is 0 Å². The van der Waals surface area contributed by atoms with E-state index in [1.807, 2.05) is 49.1 Å². The Hall–Kier alpha value is -2.08. The fourth-order valence-corrected chi connectivity index (χ4v) is 3.37. The average molecular weight is 348 g/mol. The van der Waals surface area contributed by atoms with Gasteiger partial charge in [0, 0.05) is 18.1 Å². The van der Waals surface area contributed by atoms with Crippen LogP contribution in [-0.4, -0.2) is 46.7 Å². The zero-order chi connectivity index (χ0) is 18.2. The molecule has 138 valence electrons. The number of aliphatic carboxylic acids is 1. The molecule has 0 aliphatic heterocycles. The van der Waals surface area contributed by atoms with E-state index in [2.05, 4.69) is 5.32 Å². The summed E-state index contributed by atoms with van der Waals surface area (Å²) in [6.07, 6.45) is 3.17. The first-order valence-electron chi connectivity index (χ1n) is 8.91. The van der Waals surface area contributed by atoms with Crippen molar-refractivity contribution in [3.05, 3.63) is 35.9 Å². The predicted molar refractivity (Wildman–Crippen MR) is 95.3 cm³/mol. The van der Waals surface area contributed by atoms with Gasteiger partial charge in [0.1, 0.15) is 6.61 Å². The van der Waals surface area contributed by atoms with Crippen LogP contribution in [0.4, 0.5) is 4.79 Å². The van der Waals surface area contributed by atoms with Crippen LogP contribution in [-0.2, 0) is 16.1 Å². The third-order valence-electron chi connectivity index (χ3n) is 4.60. The molecule has 0 saturated heterocycles. The normalized spacial score (nSPS) is 20.3. The van der Waals surface area contributed by atoms with Crippen molar-refractivity contribution in [2.75, 3.05) is 6.54 Å². The molecule has 0 bridgehead atoms. The van der Waals surface area contributed by atoms with Gasteiger partial charge in [-0.15, -0.1) is 0 Å². The first-order valence-corrected chi connectivity index (χ1v) is 8.91. The number of rotatable bonds is 7. The first-order chi connectivity index (χ1) is 12.0. The van der Waals surface area contributed by atoms with E-state index in [1.165, 1.54) is 0 Å². The summed E-state index contributed by atoms with van der Waals surface area (Å²) in [5.74, 6) is -0.838. The molecule has 0 unspecified atom stereocenters. The SMILES string of the molecule is CC(C)N(C(=O)OCc1ccccc1)C1CCC(NCC(=O)O)CC1. The van der Waals surface area contributed by atoms with Gasteiger partial charge < -0.3 is 20.1 Å². The summed E-state index contributed by atoms with van der Waals surface area (Å²) in [5.41, 5.74) is 0.973. The maximum atomic E-state index is 12.6. The lowest BCUT2D eigenvalue weighted by Gasteiger charge is -2.38. The Morgan fingerprint density at radius 2 is 1.84 bits per heavy atom. The maximum Gasteiger partial charge on any atom is 0.410 e. The summed E-state index contributed by atoms with van der Waals surface area (Å²) in [7, 11) is 0. The fourth-order valence-electron chi connectivity index (χ4n) is 3.37. The highest BCUT2D eigenvalue weighted by Crippen LogP contribution is 2.25. The number of carbonyl (C=O) groups excluding carboxylic acids is 1. The molecule has 1 aromatic rings. The number of hydrogen-bond donors (Lipinski definition) is 2. The van der Waals surface area contributed by atoms with Gasteiger partial charge in [0.15, 0.2) is 0 Å². The summed E-state index contributed by atoms with van der Waals surface area (Å²) in [4.78, 5) is 25.0. The standard InChI is InChI=1S/C19H28N2O4/c1-14(2)21(19(24)25-13-15-6-4-3-5-7-15)17-10-8-16(9-11-17)20-12-18(22)23/h3-7,14,16-17,20H,8-13H2,1-2H3,(H,22,23). The zero-order valence-electron chi connectivity index (χ0n) is 15.0. The van der Waals surface area contributed by atoms with Crippen LogP contribution >= 0.6 is 0 Å². The molecule has 0 heterocycles. The summed E-state index contributed by atoms with van der Waals surface area (Å²) >= 11 is 0. The van der Waals surface area contributed by atoms with Crippen molar-refractivity contribution in [3.63, 3.8) is 0 Å². The number of nitrogens with zero attached hydrogens (tertiary/aromatic N) is 1. The second kappa shape index (κ2) is 9.42. The highest BCUT2D eigenvalue weighted by molar-refractivity contribution is 5.69. The molecule has 1 fully saturated rings. The van der Waals surface area contributed by atoms with E-state index < -0.39 is 5.97 Å². The van der Waals surface area contributed by atoms with Crippen molar-refractivity contribution in [2.45, 2.75) is 64.3 Å². The molecule has 0 spiro atoms. The highest BCUT2D eigenvalue weighted by Gasteiger charge is 2.31. The van der Waals surface area contributed by atoms with Crippen molar-refractivity contribution in [1.29, 1.82) is 0 Å². The number of nitrogens with one attached hydrogen (secondary N) is 1. The minimum absolute atomic E-state index is 0.0116. The van der Waals surface area contributed by atoms with E-state index in [4.69, 9.17) is 9.84 Å². The van der Waals surface area contributed by atoms with E-state index in [0.29, 0.717) is 0 Å². The van der Waals surface area contributed by atoms with E-state index in [0.717, 1.165) is 31.2 Å². The van der Waals surface area contributed by atoms with Crippen LogP contribution in [0.25, 0.3) is 0 Å². The monoisotopic (exact) mass is 348 g/mol. The van der Waals surface area contributed by atoms with E-state index in [1.54, 1.807) is 0 Å².